The standard InChI is InChI=1S/C12H24N2O3S/c1-6-17-9(15)7-14-10(16)12(5,13)8-18-11(2,3)4/h6-8,13H2,1-5H3,(H,14,16)/t12-/m0/s1. The quantitative estimate of drug-likeness (QED) is 0.705. The lowest BCUT2D eigenvalue weighted by molar-refractivity contribution is -0.143. The zero-order valence-electron chi connectivity index (χ0n) is 11.8. The summed E-state index contributed by atoms with van der Waals surface area (Å²) in [7, 11) is 0. The molecule has 0 aliphatic carbocycles. The second kappa shape index (κ2) is 6.99. The molecule has 1 amide bonds. The molecule has 5 nitrogen and oxygen atoms in total. The molecule has 0 aromatic heterocycles. The summed E-state index contributed by atoms with van der Waals surface area (Å²) in [6, 6.07) is 0. The Morgan fingerprint density at radius 3 is 2.28 bits per heavy atom. The van der Waals surface area contributed by atoms with Crippen LogP contribution >= 0.6 is 11.8 Å². The summed E-state index contributed by atoms with van der Waals surface area (Å²) in [4.78, 5) is 22.9. The molecule has 106 valence electrons. The van der Waals surface area contributed by atoms with Gasteiger partial charge in [-0.25, -0.2) is 0 Å². The molecule has 0 fully saturated rings. The van der Waals surface area contributed by atoms with E-state index >= 15 is 0 Å². The Morgan fingerprint density at radius 1 is 1.28 bits per heavy atom. The number of rotatable bonds is 6. The van der Waals surface area contributed by atoms with E-state index in [9.17, 15) is 9.59 Å². The normalized spacial score (nSPS) is 14.8. The highest BCUT2D eigenvalue weighted by molar-refractivity contribution is 8.00. The molecule has 0 aliphatic rings. The van der Waals surface area contributed by atoms with E-state index in [0.29, 0.717) is 12.4 Å². The molecule has 0 aliphatic heterocycles. The van der Waals surface area contributed by atoms with Gasteiger partial charge in [-0.05, 0) is 13.8 Å². The predicted octanol–water partition coefficient (Wildman–Crippen LogP) is 0.915. The minimum atomic E-state index is -0.996. The lowest BCUT2D eigenvalue weighted by Crippen LogP contribution is -2.55. The predicted molar refractivity (Wildman–Crippen MR) is 74.4 cm³/mol. The van der Waals surface area contributed by atoms with Crippen LogP contribution in [-0.2, 0) is 14.3 Å². The van der Waals surface area contributed by atoms with Crippen LogP contribution in [0.25, 0.3) is 0 Å². The number of carbonyl (C=O) groups is 2. The number of amides is 1. The van der Waals surface area contributed by atoms with E-state index < -0.39 is 11.5 Å². The van der Waals surface area contributed by atoms with Crippen LogP contribution < -0.4 is 11.1 Å². The van der Waals surface area contributed by atoms with Crippen LogP contribution in [0.3, 0.4) is 0 Å². The van der Waals surface area contributed by atoms with Crippen LogP contribution in [0.15, 0.2) is 0 Å². The zero-order valence-corrected chi connectivity index (χ0v) is 12.6. The van der Waals surface area contributed by atoms with Crippen molar-refractivity contribution in [1.29, 1.82) is 0 Å². The number of carbonyl (C=O) groups excluding carboxylic acids is 2. The number of ether oxygens (including phenoxy) is 1. The van der Waals surface area contributed by atoms with E-state index in [4.69, 9.17) is 10.5 Å². The largest absolute Gasteiger partial charge is 0.465 e. The van der Waals surface area contributed by atoms with Gasteiger partial charge in [0, 0.05) is 10.5 Å². The van der Waals surface area contributed by atoms with Gasteiger partial charge in [0.1, 0.15) is 12.1 Å². The van der Waals surface area contributed by atoms with Crippen LogP contribution in [0, 0.1) is 0 Å². The van der Waals surface area contributed by atoms with Crippen LogP contribution in [-0.4, -0.2) is 41.1 Å². The second-order valence-electron chi connectivity index (χ2n) is 5.31. The highest BCUT2D eigenvalue weighted by Gasteiger charge is 2.30. The maximum atomic E-state index is 11.8. The lowest BCUT2D eigenvalue weighted by atomic mass is 10.1. The van der Waals surface area contributed by atoms with Gasteiger partial charge >= 0.3 is 5.97 Å². The van der Waals surface area contributed by atoms with Crippen molar-refractivity contribution in [2.45, 2.75) is 44.9 Å². The number of esters is 1. The fraction of sp³-hybridized carbons (Fsp3) is 0.833. The van der Waals surface area contributed by atoms with E-state index in [2.05, 4.69) is 26.1 Å². The molecule has 0 radical (unpaired) electrons. The fourth-order valence-electron chi connectivity index (χ4n) is 0.998. The molecule has 0 aromatic carbocycles. The van der Waals surface area contributed by atoms with Gasteiger partial charge in [0.2, 0.25) is 5.91 Å². The van der Waals surface area contributed by atoms with Crippen LogP contribution in [0.2, 0.25) is 0 Å². The second-order valence-corrected chi connectivity index (χ2v) is 7.11. The third kappa shape index (κ3) is 7.55. The summed E-state index contributed by atoms with van der Waals surface area (Å²) >= 11 is 1.61. The Balaban J connectivity index is 4.18. The lowest BCUT2D eigenvalue weighted by Gasteiger charge is -2.27. The van der Waals surface area contributed by atoms with Crippen molar-refractivity contribution < 1.29 is 14.3 Å². The third-order valence-electron chi connectivity index (χ3n) is 2.02. The first kappa shape index (κ1) is 17.2. The molecule has 0 saturated heterocycles. The Hall–Kier alpha value is -0.750. The molecule has 3 N–H and O–H groups in total. The average Bonchev–Trinajstić information content (AvgIpc) is 2.23. The summed E-state index contributed by atoms with van der Waals surface area (Å²) in [5.74, 6) is -0.303. The molecule has 0 aromatic rings. The Morgan fingerprint density at radius 2 is 1.83 bits per heavy atom. The Labute approximate surface area is 113 Å². The van der Waals surface area contributed by atoms with E-state index in [1.165, 1.54) is 0 Å². The van der Waals surface area contributed by atoms with E-state index in [1.54, 1.807) is 25.6 Å². The Kier molecular flexibility index (Phi) is 6.70. The molecule has 0 saturated carbocycles. The smallest absolute Gasteiger partial charge is 0.325 e. The average molecular weight is 276 g/mol. The molecular weight excluding hydrogens is 252 g/mol. The van der Waals surface area contributed by atoms with Crippen molar-refractivity contribution >= 4 is 23.6 Å². The summed E-state index contributed by atoms with van der Waals surface area (Å²) in [5.41, 5.74) is 4.95. The van der Waals surface area contributed by atoms with Gasteiger partial charge in [0.05, 0.1) is 6.61 Å². The highest BCUT2D eigenvalue weighted by Crippen LogP contribution is 2.26. The number of nitrogens with two attached hydrogens (primary N) is 1. The molecule has 6 heteroatoms. The maximum Gasteiger partial charge on any atom is 0.325 e. The molecular formula is C12H24N2O3S. The van der Waals surface area contributed by atoms with E-state index in [1.807, 2.05) is 0 Å². The van der Waals surface area contributed by atoms with Crippen molar-refractivity contribution in [1.82, 2.24) is 5.32 Å². The molecule has 1 atom stereocenters. The van der Waals surface area contributed by atoms with Crippen molar-refractivity contribution in [3.63, 3.8) is 0 Å². The summed E-state index contributed by atoms with van der Waals surface area (Å²) in [5, 5.41) is 2.49. The third-order valence-corrected chi connectivity index (χ3v) is 3.63. The van der Waals surface area contributed by atoms with Gasteiger partial charge in [0.15, 0.2) is 0 Å². The van der Waals surface area contributed by atoms with Crippen LogP contribution in [0.5, 0.6) is 0 Å². The van der Waals surface area contributed by atoms with Crippen molar-refractivity contribution in [2.75, 3.05) is 18.9 Å². The molecule has 18 heavy (non-hydrogen) atoms. The van der Waals surface area contributed by atoms with Crippen LogP contribution in [0.4, 0.5) is 0 Å². The topological polar surface area (TPSA) is 81.4 Å². The van der Waals surface area contributed by atoms with Gasteiger partial charge in [-0.15, -0.1) is 0 Å². The van der Waals surface area contributed by atoms with Crippen molar-refractivity contribution in [3.05, 3.63) is 0 Å². The number of hydrogen-bond donors (Lipinski definition) is 2. The first-order valence-corrected chi connectivity index (χ1v) is 6.94. The van der Waals surface area contributed by atoms with Gasteiger partial charge < -0.3 is 15.8 Å². The monoisotopic (exact) mass is 276 g/mol. The maximum absolute atomic E-state index is 11.8. The van der Waals surface area contributed by atoms with E-state index in [0.717, 1.165) is 0 Å². The fourth-order valence-corrected chi connectivity index (χ4v) is 1.86. The molecule has 0 bridgehead atoms. The molecule has 0 unspecified atom stereocenters. The van der Waals surface area contributed by atoms with Gasteiger partial charge in [-0.3, -0.25) is 9.59 Å². The summed E-state index contributed by atoms with van der Waals surface area (Å²) < 4.78 is 4.76. The summed E-state index contributed by atoms with van der Waals surface area (Å²) in [6.45, 7) is 9.71. The van der Waals surface area contributed by atoms with Gasteiger partial charge in [-0.2, -0.15) is 11.8 Å². The SMILES string of the molecule is CCOC(=O)CNC(=O)[C@@](C)(N)CSC(C)(C)C. The zero-order chi connectivity index (χ0) is 14.4. The van der Waals surface area contributed by atoms with Gasteiger partial charge in [-0.1, -0.05) is 20.8 Å². The molecule has 0 heterocycles. The number of hydrogen-bond acceptors (Lipinski definition) is 5. The summed E-state index contributed by atoms with van der Waals surface area (Å²) in [6.07, 6.45) is 0. The van der Waals surface area contributed by atoms with Crippen molar-refractivity contribution in [2.24, 2.45) is 5.73 Å². The highest BCUT2D eigenvalue weighted by atomic mass is 32.2. The van der Waals surface area contributed by atoms with Crippen molar-refractivity contribution in [3.8, 4) is 0 Å². The first-order chi connectivity index (χ1) is 8.08. The van der Waals surface area contributed by atoms with Crippen LogP contribution in [0.1, 0.15) is 34.6 Å². The number of nitrogens with one attached hydrogen (secondary N) is 1. The minimum absolute atomic E-state index is 0.0437. The Bertz CT molecular complexity index is 298. The number of thioether (sulfide) groups is 1. The minimum Gasteiger partial charge on any atom is -0.465 e. The van der Waals surface area contributed by atoms with E-state index in [-0.39, 0.29) is 17.2 Å². The van der Waals surface area contributed by atoms with Gasteiger partial charge in [0.25, 0.3) is 0 Å². The molecule has 0 spiro atoms. The first-order valence-electron chi connectivity index (χ1n) is 5.95. The molecule has 0 rings (SSSR count).